The van der Waals surface area contributed by atoms with Gasteiger partial charge in [0.2, 0.25) is 0 Å². The van der Waals surface area contributed by atoms with Crippen molar-refractivity contribution in [1.29, 1.82) is 0 Å². The van der Waals surface area contributed by atoms with Gasteiger partial charge in [-0.2, -0.15) is 0 Å². The maximum absolute atomic E-state index is 10.0. The number of nitrogens with one attached hydrogen (secondary N) is 1. The molecule has 2 nitrogen and oxygen atoms in total. The van der Waals surface area contributed by atoms with Crippen LogP contribution in [0.2, 0.25) is 0 Å². The van der Waals surface area contributed by atoms with Gasteiger partial charge in [0.05, 0.1) is 0 Å². The zero-order valence-electron chi connectivity index (χ0n) is 9.42. The minimum absolute atomic E-state index is 0.452. The van der Waals surface area contributed by atoms with Crippen LogP contribution in [0, 0.1) is 0 Å². The molecular formula is C12H21NO. The molecule has 0 saturated heterocycles. The van der Waals surface area contributed by atoms with E-state index in [1.165, 1.54) is 0 Å². The zero-order chi connectivity index (χ0) is 11.2. The van der Waals surface area contributed by atoms with Crippen molar-refractivity contribution in [2.24, 2.45) is 0 Å². The molecule has 14 heavy (non-hydrogen) atoms. The summed E-state index contributed by atoms with van der Waals surface area (Å²) in [4.78, 5) is 10.0. The highest BCUT2D eigenvalue weighted by Crippen LogP contribution is 1.99. The first-order chi connectivity index (χ1) is 6.76. The lowest BCUT2D eigenvalue weighted by Gasteiger charge is -1.89. The lowest BCUT2D eigenvalue weighted by Crippen LogP contribution is -2.01. The molecule has 0 aromatic carbocycles. The molecule has 0 aromatic rings. The van der Waals surface area contributed by atoms with Crippen LogP contribution in [0.25, 0.3) is 0 Å². The van der Waals surface area contributed by atoms with E-state index in [1.54, 1.807) is 6.08 Å². The Hall–Kier alpha value is -1.15. The van der Waals surface area contributed by atoms with Gasteiger partial charge in [-0.15, -0.1) is 0 Å². The van der Waals surface area contributed by atoms with E-state index in [-0.39, 0.29) is 0 Å². The second kappa shape index (κ2) is 14.4. The Morgan fingerprint density at radius 2 is 2.07 bits per heavy atom. The number of carbonyl (C=O) groups excluding carboxylic acids is 1. The molecule has 0 radical (unpaired) electrons. The SMILES string of the molecule is C=C/C(=C\C=C/C)CC=O.CCNC. The molecule has 80 valence electrons. The molecule has 0 bridgehead atoms. The highest BCUT2D eigenvalue weighted by atomic mass is 16.1. The monoisotopic (exact) mass is 195 g/mol. The van der Waals surface area contributed by atoms with Crippen LogP contribution < -0.4 is 5.32 Å². The fraction of sp³-hybridized carbons (Fsp3) is 0.417. The van der Waals surface area contributed by atoms with Crippen LogP contribution in [-0.4, -0.2) is 19.9 Å². The summed E-state index contributed by atoms with van der Waals surface area (Å²) in [6.45, 7) is 8.64. The van der Waals surface area contributed by atoms with Crippen LogP contribution in [0.3, 0.4) is 0 Å². The number of rotatable bonds is 5. The van der Waals surface area contributed by atoms with Crippen molar-refractivity contribution in [1.82, 2.24) is 5.32 Å². The van der Waals surface area contributed by atoms with Crippen molar-refractivity contribution in [3.63, 3.8) is 0 Å². The minimum Gasteiger partial charge on any atom is -0.320 e. The van der Waals surface area contributed by atoms with Gasteiger partial charge in [0.1, 0.15) is 6.29 Å². The lowest BCUT2D eigenvalue weighted by molar-refractivity contribution is -0.107. The highest BCUT2D eigenvalue weighted by Gasteiger charge is 1.85. The molecule has 0 unspecified atom stereocenters. The van der Waals surface area contributed by atoms with Crippen LogP contribution in [0.5, 0.6) is 0 Å². The Bertz CT molecular complexity index is 190. The molecule has 0 aliphatic heterocycles. The molecular weight excluding hydrogens is 174 g/mol. The van der Waals surface area contributed by atoms with Crippen LogP contribution in [0.1, 0.15) is 20.3 Å². The second-order valence-corrected chi connectivity index (χ2v) is 2.55. The zero-order valence-corrected chi connectivity index (χ0v) is 9.42. The first-order valence-electron chi connectivity index (χ1n) is 4.79. The Kier molecular flexibility index (Phi) is 15.7. The maximum Gasteiger partial charge on any atom is 0.124 e. The Balaban J connectivity index is 0. The molecule has 2 heteroatoms. The number of allylic oxidation sites excluding steroid dienone is 5. The summed E-state index contributed by atoms with van der Waals surface area (Å²) in [6.07, 6.45) is 8.69. The molecule has 0 fully saturated rings. The van der Waals surface area contributed by atoms with Gasteiger partial charge >= 0.3 is 0 Å². The second-order valence-electron chi connectivity index (χ2n) is 2.55. The Morgan fingerprint density at radius 1 is 1.50 bits per heavy atom. The van der Waals surface area contributed by atoms with Gasteiger partial charge in [-0.05, 0) is 26.1 Å². The average Bonchev–Trinajstić information content (AvgIpc) is 2.24. The van der Waals surface area contributed by atoms with E-state index in [0.717, 1.165) is 18.4 Å². The third-order valence-electron chi connectivity index (χ3n) is 1.44. The summed E-state index contributed by atoms with van der Waals surface area (Å²) in [6, 6.07) is 0. The summed E-state index contributed by atoms with van der Waals surface area (Å²) in [5.41, 5.74) is 0.952. The first kappa shape index (κ1) is 15.3. The van der Waals surface area contributed by atoms with Gasteiger partial charge < -0.3 is 10.1 Å². The van der Waals surface area contributed by atoms with Crippen molar-refractivity contribution in [3.05, 3.63) is 36.5 Å². The molecule has 0 aliphatic rings. The molecule has 0 amide bonds. The summed E-state index contributed by atoms with van der Waals surface area (Å²) in [5.74, 6) is 0. The molecule has 1 N–H and O–H groups in total. The van der Waals surface area contributed by atoms with Gasteiger partial charge in [0.25, 0.3) is 0 Å². The van der Waals surface area contributed by atoms with E-state index in [1.807, 2.05) is 32.2 Å². The summed E-state index contributed by atoms with van der Waals surface area (Å²) >= 11 is 0. The summed E-state index contributed by atoms with van der Waals surface area (Å²) < 4.78 is 0. The largest absolute Gasteiger partial charge is 0.320 e. The predicted octanol–water partition coefficient (Wildman–Crippen LogP) is 2.49. The van der Waals surface area contributed by atoms with E-state index in [0.29, 0.717) is 6.42 Å². The summed E-state index contributed by atoms with van der Waals surface area (Å²) in [5, 5.41) is 2.93. The van der Waals surface area contributed by atoms with Crippen molar-refractivity contribution >= 4 is 6.29 Å². The predicted molar refractivity (Wildman–Crippen MR) is 63.4 cm³/mol. The standard InChI is InChI=1S/C9H12O.C3H9N/c1-3-5-6-9(4-2)7-8-10;1-3-4-2/h3-6,8H,2,7H2,1H3;4H,3H2,1-2H3/b5-3-,9-6+;. The average molecular weight is 195 g/mol. The fourth-order valence-electron chi connectivity index (χ4n) is 0.535. The van der Waals surface area contributed by atoms with Gasteiger partial charge in [0.15, 0.2) is 0 Å². The summed E-state index contributed by atoms with van der Waals surface area (Å²) in [7, 11) is 1.93. The highest BCUT2D eigenvalue weighted by molar-refractivity contribution is 5.56. The third kappa shape index (κ3) is 13.4. The van der Waals surface area contributed by atoms with Gasteiger partial charge in [0, 0.05) is 6.42 Å². The van der Waals surface area contributed by atoms with Gasteiger partial charge in [-0.1, -0.05) is 37.8 Å². The minimum atomic E-state index is 0.452. The molecule has 0 atom stereocenters. The van der Waals surface area contributed by atoms with E-state index in [9.17, 15) is 4.79 Å². The van der Waals surface area contributed by atoms with Crippen molar-refractivity contribution < 1.29 is 4.79 Å². The van der Waals surface area contributed by atoms with Crippen molar-refractivity contribution in [2.75, 3.05) is 13.6 Å². The lowest BCUT2D eigenvalue weighted by atomic mass is 10.2. The first-order valence-corrected chi connectivity index (χ1v) is 4.79. The van der Waals surface area contributed by atoms with Crippen LogP contribution in [-0.2, 0) is 4.79 Å². The molecule has 0 aromatic heterocycles. The van der Waals surface area contributed by atoms with Crippen LogP contribution in [0.15, 0.2) is 36.5 Å². The smallest absolute Gasteiger partial charge is 0.124 e. The van der Waals surface area contributed by atoms with E-state index >= 15 is 0 Å². The van der Waals surface area contributed by atoms with E-state index in [2.05, 4.69) is 18.8 Å². The third-order valence-corrected chi connectivity index (χ3v) is 1.44. The Labute approximate surface area is 87.4 Å². The fourth-order valence-corrected chi connectivity index (χ4v) is 0.535. The van der Waals surface area contributed by atoms with Crippen LogP contribution >= 0.6 is 0 Å². The quantitative estimate of drug-likeness (QED) is 0.539. The number of hydrogen-bond acceptors (Lipinski definition) is 2. The van der Waals surface area contributed by atoms with Crippen molar-refractivity contribution in [2.45, 2.75) is 20.3 Å². The van der Waals surface area contributed by atoms with Gasteiger partial charge in [-0.25, -0.2) is 0 Å². The topological polar surface area (TPSA) is 29.1 Å². The van der Waals surface area contributed by atoms with E-state index in [4.69, 9.17) is 0 Å². The maximum atomic E-state index is 10.0. The van der Waals surface area contributed by atoms with Crippen LogP contribution in [0.4, 0.5) is 0 Å². The van der Waals surface area contributed by atoms with Gasteiger partial charge in [-0.3, -0.25) is 0 Å². The molecule has 0 saturated carbocycles. The molecule has 0 heterocycles. The van der Waals surface area contributed by atoms with Crippen molar-refractivity contribution in [3.8, 4) is 0 Å². The molecule has 0 aliphatic carbocycles. The van der Waals surface area contributed by atoms with E-state index < -0.39 is 0 Å². The number of carbonyl (C=O) groups is 1. The number of hydrogen-bond donors (Lipinski definition) is 1. The molecule has 0 spiro atoms. The Morgan fingerprint density at radius 3 is 2.36 bits per heavy atom. The normalized spacial score (nSPS) is 10.6. The number of aldehydes is 1. The molecule has 0 rings (SSSR count).